The van der Waals surface area contributed by atoms with E-state index in [4.69, 9.17) is 0 Å². The molecular formula is C9H8Br4O. The zero-order valence-electron chi connectivity index (χ0n) is 7.54. The third-order valence-corrected chi connectivity index (χ3v) is 6.11. The standard InChI is InChI=1S/C9H8Br4O/c1-3(2)4-5(10)7(12)9(14)8(13)6(4)11/h3,14H,1-2H3. The topological polar surface area (TPSA) is 20.2 Å². The van der Waals surface area contributed by atoms with E-state index in [0.29, 0.717) is 14.9 Å². The molecule has 5 heteroatoms. The van der Waals surface area contributed by atoms with Crippen LogP contribution in [0.15, 0.2) is 17.9 Å². The first-order valence-corrected chi connectivity index (χ1v) is 7.09. The molecule has 0 fully saturated rings. The van der Waals surface area contributed by atoms with Crippen molar-refractivity contribution in [1.82, 2.24) is 0 Å². The highest BCUT2D eigenvalue weighted by atomic mass is 79.9. The molecule has 0 heterocycles. The van der Waals surface area contributed by atoms with Crippen molar-refractivity contribution in [3.8, 4) is 5.75 Å². The first-order chi connectivity index (χ1) is 6.37. The lowest BCUT2D eigenvalue weighted by Crippen LogP contribution is -1.94. The quantitative estimate of drug-likeness (QED) is 0.554. The summed E-state index contributed by atoms with van der Waals surface area (Å²) in [4.78, 5) is 0. The van der Waals surface area contributed by atoms with Crippen molar-refractivity contribution in [2.75, 3.05) is 0 Å². The summed E-state index contributed by atoms with van der Waals surface area (Å²) in [5.74, 6) is 0.570. The molecule has 1 aromatic carbocycles. The summed E-state index contributed by atoms with van der Waals surface area (Å²) in [5, 5.41) is 9.72. The number of aromatic hydroxyl groups is 1. The molecule has 1 N–H and O–H groups in total. The van der Waals surface area contributed by atoms with Gasteiger partial charge >= 0.3 is 0 Å². The van der Waals surface area contributed by atoms with E-state index in [1.807, 2.05) is 0 Å². The summed E-state index contributed by atoms with van der Waals surface area (Å²) in [6, 6.07) is 0. The number of halogens is 4. The first kappa shape index (κ1) is 13.0. The molecule has 1 aromatic rings. The molecule has 14 heavy (non-hydrogen) atoms. The van der Waals surface area contributed by atoms with Gasteiger partial charge in [0.15, 0.2) is 0 Å². The minimum absolute atomic E-state index is 0.202. The predicted molar refractivity (Wildman–Crippen MR) is 73.0 cm³/mol. The molecule has 0 aliphatic carbocycles. The number of phenols is 1. The molecule has 0 bridgehead atoms. The van der Waals surface area contributed by atoms with Gasteiger partial charge in [0.25, 0.3) is 0 Å². The van der Waals surface area contributed by atoms with Crippen molar-refractivity contribution < 1.29 is 5.11 Å². The third-order valence-electron chi connectivity index (χ3n) is 1.85. The maximum Gasteiger partial charge on any atom is 0.146 e. The summed E-state index contributed by atoms with van der Waals surface area (Å²) in [5.41, 5.74) is 1.13. The summed E-state index contributed by atoms with van der Waals surface area (Å²) in [6.07, 6.45) is 0. The highest BCUT2D eigenvalue weighted by Crippen LogP contribution is 2.47. The monoisotopic (exact) mass is 448 g/mol. The Balaban J connectivity index is 3.60. The zero-order chi connectivity index (χ0) is 11.0. The Kier molecular flexibility index (Phi) is 4.51. The Morgan fingerprint density at radius 1 is 0.857 bits per heavy atom. The van der Waals surface area contributed by atoms with Crippen LogP contribution in [0.2, 0.25) is 0 Å². The van der Waals surface area contributed by atoms with Crippen LogP contribution in [0.3, 0.4) is 0 Å². The Labute approximate surface area is 117 Å². The molecular weight excluding hydrogens is 444 g/mol. The van der Waals surface area contributed by atoms with E-state index in [1.165, 1.54) is 0 Å². The average molecular weight is 452 g/mol. The van der Waals surface area contributed by atoms with E-state index >= 15 is 0 Å². The molecule has 0 spiro atoms. The van der Waals surface area contributed by atoms with Crippen molar-refractivity contribution in [2.45, 2.75) is 19.8 Å². The fourth-order valence-corrected chi connectivity index (χ4v) is 4.19. The van der Waals surface area contributed by atoms with Crippen LogP contribution < -0.4 is 0 Å². The molecule has 0 aromatic heterocycles. The van der Waals surface area contributed by atoms with Gasteiger partial charge < -0.3 is 5.11 Å². The number of rotatable bonds is 1. The Morgan fingerprint density at radius 2 is 1.21 bits per heavy atom. The highest BCUT2D eigenvalue weighted by molar-refractivity contribution is 9.14. The highest BCUT2D eigenvalue weighted by Gasteiger charge is 2.19. The summed E-state index contributed by atoms with van der Waals surface area (Å²) >= 11 is 13.6. The summed E-state index contributed by atoms with van der Waals surface area (Å²) in [6.45, 7) is 4.20. The van der Waals surface area contributed by atoms with Crippen LogP contribution in [0, 0.1) is 0 Å². The Hall–Kier alpha value is 0.940. The largest absolute Gasteiger partial charge is 0.505 e. The van der Waals surface area contributed by atoms with E-state index in [1.54, 1.807) is 0 Å². The van der Waals surface area contributed by atoms with Crippen LogP contribution >= 0.6 is 63.7 Å². The lowest BCUT2D eigenvalue weighted by atomic mass is 10.0. The molecule has 0 atom stereocenters. The van der Waals surface area contributed by atoms with Gasteiger partial charge in [0, 0.05) is 8.95 Å². The molecule has 0 aliphatic rings. The number of hydrogen-bond donors (Lipinski definition) is 1. The van der Waals surface area contributed by atoms with Gasteiger partial charge in [0.2, 0.25) is 0 Å². The van der Waals surface area contributed by atoms with Gasteiger partial charge in [-0.1, -0.05) is 13.8 Å². The van der Waals surface area contributed by atoms with Crippen LogP contribution in [0.4, 0.5) is 0 Å². The maximum absolute atomic E-state index is 9.72. The predicted octanol–water partition coefficient (Wildman–Crippen LogP) is 5.57. The van der Waals surface area contributed by atoms with E-state index in [9.17, 15) is 5.11 Å². The van der Waals surface area contributed by atoms with Gasteiger partial charge in [-0.15, -0.1) is 0 Å². The average Bonchev–Trinajstić information content (AvgIpc) is 2.11. The number of phenolic OH excluding ortho intramolecular Hbond substituents is 1. The lowest BCUT2D eigenvalue weighted by Gasteiger charge is -2.15. The van der Waals surface area contributed by atoms with Crippen LogP contribution in [0.1, 0.15) is 25.3 Å². The van der Waals surface area contributed by atoms with E-state index in [0.717, 1.165) is 14.5 Å². The molecule has 0 amide bonds. The second-order valence-electron chi connectivity index (χ2n) is 3.17. The van der Waals surface area contributed by atoms with Crippen LogP contribution in [-0.2, 0) is 0 Å². The van der Waals surface area contributed by atoms with E-state index in [-0.39, 0.29) is 5.75 Å². The normalized spacial score (nSPS) is 11.1. The molecule has 78 valence electrons. The van der Waals surface area contributed by atoms with Crippen LogP contribution in [0.25, 0.3) is 0 Å². The van der Waals surface area contributed by atoms with Crippen molar-refractivity contribution in [3.63, 3.8) is 0 Å². The molecule has 0 saturated carbocycles. The fourth-order valence-electron chi connectivity index (χ4n) is 1.14. The van der Waals surface area contributed by atoms with Gasteiger partial charge in [-0.25, -0.2) is 0 Å². The molecule has 0 radical (unpaired) electrons. The zero-order valence-corrected chi connectivity index (χ0v) is 13.9. The van der Waals surface area contributed by atoms with Crippen LogP contribution in [-0.4, -0.2) is 5.11 Å². The Bertz CT molecular complexity index is 345. The maximum atomic E-state index is 9.72. The second kappa shape index (κ2) is 4.85. The van der Waals surface area contributed by atoms with E-state index < -0.39 is 0 Å². The molecule has 0 aliphatic heterocycles. The van der Waals surface area contributed by atoms with Gasteiger partial charge in [0.05, 0.1) is 8.95 Å². The van der Waals surface area contributed by atoms with Gasteiger partial charge in [-0.05, 0) is 75.2 Å². The Morgan fingerprint density at radius 3 is 1.50 bits per heavy atom. The lowest BCUT2D eigenvalue weighted by molar-refractivity contribution is 0.467. The summed E-state index contributed by atoms with van der Waals surface area (Å²) < 4.78 is 3.13. The summed E-state index contributed by atoms with van der Waals surface area (Å²) in [7, 11) is 0. The van der Waals surface area contributed by atoms with Gasteiger partial charge in [-0.3, -0.25) is 0 Å². The molecule has 1 rings (SSSR count). The van der Waals surface area contributed by atoms with Crippen molar-refractivity contribution >= 4 is 63.7 Å². The minimum Gasteiger partial charge on any atom is -0.505 e. The van der Waals surface area contributed by atoms with Crippen molar-refractivity contribution in [1.29, 1.82) is 0 Å². The fraction of sp³-hybridized carbons (Fsp3) is 0.333. The third kappa shape index (κ3) is 2.20. The smallest absolute Gasteiger partial charge is 0.146 e. The second-order valence-corrected chi connectivity index (χ2v) is 6.34. The van der Waals surface area contributed by atoms with Gasteiger partial charge in [0.1, 0.15) is 5.75 Å². The molecule has 1 nitrogen and oxygen atoms in total. The minimum atomic E-state index is 0.202. The van der Waals surface area contributed by atoms with Crippen LogP contribution in [0.5, 0.6) is 5.75 Å². The molecule has 0 unspecified atom stereocenters. The van der Waals surface area contributed by atoms with E-state index in [2.05, 4.69) is 77.6 Å². The number of hydrogen-bond acceptors (Lipinski definition) is 1. The SMILES string of the molecule is CC(C)c1c(Br)c(Br)c(O)c(Br)c1Br. The molecule has 0 saturated heterocycles. The van der Waals surface area contributed by atoms with Crippen molar-refractivity contribution in [3.05, 3.63) is 23.5 Å². The number of benzene rings is 1. The first-order valence-electron chi connectivity index (χ1n) is 3.92. The van der Waals surface area contributed by atoms with Crippen molar-refractivity contribution in [2.24, 2.45) is 0 Å². The van der Waals surface area contributed by atoms with Gasteiger partial charge in [-0.2, -0.15) is 0 Å².